The molecule has 1 saturated carbocycles. The van der Waals surface area contributed by atoms with Gasteiger partial charge in [0.1, 0.15) is 4.21 Å². The molecule has 0 bridgehead atoms. The fourth-order valence-electron chi connectivity index (χ4n) is 1.83. The third kappa shape index (κ3) is 3.54. The van der Waals surface area contributed by atoms with Gasteiger partial charge in [-0.25, -0.2) is 13.1 Å². The molecule has 1 aliphatic carbocycles. The molecule has 102 valence electrons. The maximum absolute atomic E-state index is 12.1. The van der Waals surface area contributed by atoms with Crippen LogP contribution in [0.4, 0.5) is 0 Å². The second kappa shape index (κ2) is 6.14. The zero-order valence-electron chi connectivity index (χ0n) is 10.6. The third-order valence-corrected chi connectivity index (χ3v) is 6.28. The van der Waals surface area contributed by atoms with Gasteiger partial charge in [-0.05, 0) is 44.5 Å². The van der Waals surface area contributed by atoms with E-state index in [4.69, 9.17) is 0 Å². The second-order valence-corrected chi connectivity index (χ2v) is 7.68. The number of hydrogen-bond acceptors (Lipinski definition) is 4. The SMILES string of the molecule is CCNCCc1ccc(S(=O)(=O)NC2CCC2)s1. The summed E-state index contributed by atoms with van der Waals surface area (Å²) >= 11 is 1.38. The van der Waals surface area contributed by atoms with Crippen molar-refractivity contribution < 1.29 is 8.42 Å². The molecule has 0 unspecified atom stereocenters. The minimum Gasteiger partial charge on any atom is -0.317 e. The summed E-state index contributed by atoms with van der Waals surface area (Å²) in [6.07, 6.45) is 3.96. The molecule has 6 heteroatoms. The largest absolute Gasteiger partial charge is 0.317 e. The van der Waals surface area contributed by atoms with Crippen LogP contribution in [-0.2, 0) is 16.4 Å². The summed E-state index contributed by atoms with van der Waals surface area (Å²) in [6.45, 7) is 3.90. The van der Waals surface area contributed by atoms with E-state index in [1.165, 1.54) is 11.3 Å². The zero-order chi connectivity index (χ0) is 13.0. The van der Waals surface area contributed by atoms with Gasteiger partial charge in [-0.3, -0.25) is 0 Å². The summed E-state index contributed by atoms with van der Waals surface area (Å²) in [5.41, 5.74) is 0. The van der Waals surface area contributed by atoms with Crippen LogP contribution in [0.1, 0.15) is 31.1 Å². The lowest BCUT2D eigenvalue weighted by Crippen LogP contribution is -2.39. The quantitative estimate of drug-likeness (QED) is 0.751. The molecule has 1 fully saturated rings. The minimum absolute atomic E-state index is 0.155. The Hall–Kier alpha value is -0.430. The molecule has 1 aromatic heterocycles. The lowest BCUT2D eigenvalue weighted by Gasteiger charge is -2.25. The number of hydrogen-bond donors (Lipinski definition) is 2. The molecule has 0 spiro atoms. The molecular formula is C12H20N2O2S2. The van der Waals surface area contributed by atoms with Crippen molar-refractivity contribution in [3.8, 4) is 0 Å². The molecule has 2 rings (SSSR count). The molecule has 0 atom stereocenters. The zero-order valence-corrected chi connectivity index (χ0v) is 12.2. The summed E-state index contributed by atoms with van der Waals surface area (Å²) in [5.74, 6) is 0. The highest BCUT2D eigenvalue weighted by Gasteiger charge is 2.25. The first-order chi connectivity index (χ1) is 8.62. The normalized spacial score (nSPS) is 16.7. The summed E-state index contributed by atoms with van der Waals surface area (Å²) in [6, 6.07) is 3.78. The standard InChI is InChI=1S/C12H20N2O2S2/c1-2-13-9-8-11-6-7-12(17-11)18(15,16)14-10-4-3-5-10/h6-7,10,13-14H,2-5,8-9H2,1H3. The van der Waals surface area contributed by atoms with Crippen LogP contribution < -0.4 is 10.0 Å². The lowest BCUT2D eigenvalue weighted by atomic mass is 9.94. The smallest absolute Gasteiger partial charge is 0.250 e. The van der Waals surface area contributed by atoms with Crippen LogP contribution in [0, 0.1) is 0 Å². The van der Waals surface area contributed by atoms with Gasteiger partial charge >= 0.3 is 0 Å². The van der Waals surface area contributed by atoms with Crippen LogP contribution in [0.2, 0.25) is 0 Å². The monoisotopic (exact) mass is 288 g/mol. The van der Waals surface area contributed by atoms with Crippen molar-refractivity contribution in [1.29, 1.82) is 0 Å². The summed E-state index contributed by atoms with van der Waals surface area (Å²) < 4.78 is 27.3. The summed E-state index contributed by atoms with van der Waals surface area (Å²) in [5, 5.41) is 3.24. The van der Waals surface area contributed by atoms with E-state index < -0.39 is 10.0 Å². The highest BCUT2D eigenvalue weighted by atomic mass is 32.2. The van der Waals surface area contributed by atoms with E-state index in [0.717, 1.165) is 43.6 Å². The molecule has 1 aromatic rings. The molecular weight excluding hydrogens is 268 g/mol. The Labute approximate surface area is 113 Å². The van der Waals surface area contributed by atoms with Crippen molar-refractivity contribution in [2.24, 2.45) is 0 Å². The maximum atomic E-state index is 12.1. The lowest BCUT2D eigenvalue weighted by molar-refractivity contribution is 0.384. The Morgan fingerprint density at radius 2 is 2.17 bits per heavy atom. The molecule has 0 saturated heterocycles. The predicted octanol–water partition coefficient (Wildman–Crippen LogP) is 1.73. The Balaban J connectivity index is 1.95. The van der Waals surface area contributed by atoms with Gasteiger partial charge in [0.2, 0.25) is 10.0 Å². The Morgan fingerprint density at radius 1 is 1.39 bits per heavy atom. The highest BCUT2D eigenvalue weighted by Crippen LogP contribution is 2.25. The van der Waals surface area contributed by atoms with Crippen LogP contribution >= 0.6 is 11.3 Å². The van der Waals surface area contributed by atoms with E-state index >= 15 is 0 Å². The predicted molar refractivity (Wildman–Crippen MR) is 74.5 cm³/mol. The van der Waals surface area contributed by atoms with Crippen LogP contribution in [0.3, 0.4) is 0 Å². The van der Waals surface area contributed by atoms with Gasteiger partial charge < -0.3 is 5.32 Å². The number of likely N-dealkylation sites (N-methyl/N-ethyl adjacent to an activating group) is 1. The van der Waals surface area contributed by atoms with Crippen molar-refractivity contribution in [3.05, 3.63) is 17.0 Å². The molecule has 18 heavy (non-hydrogen) atoms. The van der Waals surface area contributed by atoms with Crippen LogP contribution in [0.25, 0.3) is 0 Å². The van der Waals surface area contributed by atoms with Crippen molar-refractivity contribution >= 4 is 21.4 Å². The average molecular weight is 288 g/mol. The first kappa shape index (κ1) is 14.0. The molecule has 0 aliphatic heterocycles. The van der Waals surface area contributed by atoms with Gasteiger partial charge in [0.05, 0.1) is 0 Å². The number of sulfonamides is 1. The van der Waals surface area contributed by atoms with Gasteiger partial charge in [-0.2, -0.15) is 0 Å². The van der Waals surface area contributed by atoms with Crippen LogP contribution in [0.15, 0.2) is 16.3 Å². The van der Waals surface area contributed by atoms with Crippen molar-refractivity contribution in [2.75, 3.05) is 13.1 Å². The van der Waals surface area contributed by atoms with Crippen molar-refractivity contribution in [3.63, 3.8) is 0 Å². The van der Waals surface area contributed by atoms with E-state index in [1.54, 1.807) is 6.07 Å². The molecule has 2 N–H and O–H groups in total. The number of nitrogens with one attached hydrogen (secondary N) is 2. The van der Waals surface area contributed by atoms with E-state index in [0.29, 0.717) is 4.21 Å². The van der Waals surface area contributed by atoms with Crippen molar-refractivity contribution in [1.82, 2.24) is 10.0 Å². The second-order valence-electron chi connectivity index (χ2n) is 4.57. The summed E-state index contributed by atoms with van der Waals surface area (Å²) in [4.78, 5) is 1.12. The Bertz CT molecular complexity index is 478. The van der Waals surface area contributed by atoms with E-state index in [9.17, 15) is 8.42 Å². The Kier molecular flexibility index (Phi) is 4.77. The molecule has 0 aromatic carbocycles. The number of rotatable bonds is 7. The number of thiophene rings is 1. The van der Waals surface area contributed by atoms with Gasteiger partial charge in [0.25, 0.3) is 0 Å². The molecule has 0 radical (unpaired) electrons. The minimum atomic E-state index is -3.28. The van der Waals surface area contributed by atoms with Crippen LogP contribution in [0.5, 0.6) is 0 Å². The fraction of sp³-hybridized carbons (Fsp3) is 0.667. The first-order valence-electron chi connectivity index (χ1n) is 6.43. The van der Waals surface area contributed by atoms with E-state index in [2.05, 4.69) is 17.0 Å². The van der Waals surface area contributed by atoms with Gasteiger partial charge in [-0.1, -0.05) is 13.3 Å². The van der Waals surface area contributed by atoms with E-state index in [1.807, 2.05) is 6.07 Å². The highest BCUT2D eigenvalue weighted by molar-refractivity contribution is 7.91. The molecule has 0 amide bonds. The molecule has 1 aliphatic rings. The third-order valence-electron chi connectivity index (χ3n) is 3.13. The summed E-state index contributed by atoms with van der Waals surface area (Å²) in [7, 11) is -3.28. The van der Waals surface area contributed by atoms with Crippen molar-refractivity contribution in [2.45, 2.75) is 42.9 Å². The van der Waals surface area contributed by atoms with Crippen LogP contribution in [-0.4, -0.2) is 27.5 Å². The van der Waals surface area contributed by atoms with E-state index in [-0.39, 0.29) is 6.04 Å². The molecule has 4 nitrogen and oxygen atoms in total. The maximum Gasteiger partial charge on any atom is 0.250 e. The first-order valence-corrected chi connectivity index (χ1v) is 8.73. The van der Waals surface area contributed by atoms with Gasteiger partial charge in [-0.15, -0.1) is 11.3 Å². The van der Waals surface area contributed by atoms with Gasteiger partial charge in [0, 0.05) is 10.9 Å². The fourth-order valence-corrected chi connectivity index (χ4v) is 4.51. The van der Waals surface area contributed by atoms with Gasteiger partial charge in [0.15, 0.2) is 0 Å². The average Bonchev–Trinajstić information content (AvgIpc) is 2.74. The molecule has 1 heterocycles. The topological polar surface area (TPSA) is 58.2 Å². The Morgan fingerprint density at radius 3 is 2.78 bits per heavy atom.